The van der Waals surface area contributed by atoms with Crippen LogP contribution in [0.5, 0.6) is 0 Å². The van der Waals surface area contributed by atoms with Gasteiger partial charge < -0.3 is 5.11 Å². The molecule has 26 heavy (non-hydrogen) atoms. The fourth-order valence-corrected chi connectivity index (χ4v) is 3.86. The van der Waals surface area contributed by atoms with E-state index in [-0.39, 0.29) is 17.9 Å². The number of halogens is 1. The van der Waals surface area contributed by atoms with E-state index in [2.05, 4.69) is 0 Å². The zero-order chi connectivity index (χ0) is 19.5. The molecule has 0 atom stereocenters. The fourth-order valence-electron chi connectivity index (χ4n) is 2.38. The Morgan fingerprint density at radius 1 is 1.19 bits per heavy atom. The number of carboxylic acid groups (broad SMARTS) is 1. The average molecular weight is 376 g/mol. The van der Waals surface area contributed by atoms with Gasteiger partial charge in [-0.1, -0.05) is 6.07 Å². The normalized spacial score (nSPS) is 11.0. The van der Waals surface area contributed by atoms with Crippen molar-refractivity contribution in [1.82, 2.24) is 0 Å². The van der Waals surface area contributed by atoms with Crippen molar-refractivity contribution in [3.8, 4) is 6.07 Å². The van der Waals surface area contributed by atoms with E-state index in [4.69, 9.17) is 10.4 Å². The first-order chi connectivity index (χ1) is 12.2. The second-order valence-electron chi connectivity index (χ2n) is 5.70. The maximum absolute atomic E-state index is 13.6. The number of nitriles is 1. The highest BCUT2D eigenvalue weighted by molar-refractivity contribution is 7.92. The van der Waals surface area contributed by atoms with E-state index in [1.165, 1.54) is 0 Å². The van der Waals surface area contributed by atoms with E-state index < -0.39 is 27.4 Å². The van der Waals surface area contributed by atoms with Crippen molar-refractivity contribution in [1.29, 1.82) is 5.26 Å². The monoisotopic (exact) mass is 376 g/mol. The van der Waals surface area contributed by atoms with Gasteiger partial charge in [-0.2, -0.15) is 5.26 Å². The van der Waals surface area contributed by atoms with Gasteiger partial charge in [-0.05, 0) is 55.3 Å². The zero-order valence-corrected chi connectivity index (χ0v) is 15.0. The number of hydrogen-bond donors (Lipinski definition) is 1. The summed E-state index contributed by atoms with van der Waals surface area (Å²) >= 11 is 0. The second kappa shape index (κ2) is 7.54. The number of aromatic carboxylic acids is 1. The predicted molar refractivity (Wildman–Crippen MR) is 94.0 cm³/mol. The van der Waals surface area contributed by atoms with Crippen molar-refractivity contribution < 1.29 is 22.7 Å². The van der Waals surface area contributed by atoms with Gasteiger partial charge in [-0.3, -0.25) is 4.31 Å². The van der Waals surface area contributed by atoms with Crippen LogP contribution in [0.15, 0.2) is 41.3 Å². The minimum atomic E-state index is -4.18. The lowest BCUT2D eigenvalue weighted by Gasteiger charge is -2.24. The van der Waals surface area contributed by atoms with Crippen molar-refractivity contribution in [2.75, 3.05) is 10.8 Å². The van der Waals surface area contributed by atoms with Crippen LogP contribution in [-0.2, 0) is 10.0 Å². The molecule has 1 N–H and O–H groups in total. The smallest absolute Gasteiger partial charge is 0.338 e. The Hall–Kier alpha value is -2.92. The van der Waals surface area contributed by atoms with Gasteiger partial charge in [-0.15, -0.1) is 0 Å². The van der Waals surface area contributed by atoms with Gasteiger partial charge in [0, 0.05) is 6.54 Å². The van der Waals surface area contributed by atoms with Crippen LogP contribution in [-0.4, -0.2) is 26.0 Å². The molecule has 136 valence electrons. The first kappa shape index (κ1) is 19.4. The molecule has 0 unspecified atom stereocenters. The molecule has 0 aliphatic rings. The molecule has 2 aromatic rings. The molecule has 0 heterocycles. The lowest BCUT2D eigenvalue weighted by Crippen LogP contribution is -2.32. The van der Waals surface area contributed by atoms with E-state index in [0.29, 0.717) is 5.69 Å². The quantitative estimate of drug-likeness (QED) is 0.834. The summed E-state index contributed by atoms with van der Waals surface area (Å²) < 4.78 is 40.7. The van der Waals surface area contributed by atoms with Gasteiger partial charge in [0.1, 0.15) is 5.82 Å². The summed E-state index contributed by atoms with van der Waals surface area (Å²) in [5, 5.41) is 17.9. The van der Waals surface area contributed by atoms with Crippen LogP contribution >= 0.6 is 0 Å². The summed E-state index contributed by atoms with van der Waals surface area (Å²) in [7, 11) is -4.18. The molecule has 8 heteroatoms. The molecular formula is C18H17FN2O4S. The molecule has 0 spiro atoms. The van der Waals surface area contributed by atoms with Crippen LogP contribution in [0.25, 0.3) is 0 Å². The van der Waals surface area contributed by atoms with Gasteiger partial charge in [-0.25, -0.2) is 17.6 Å². The molecule has 2 aromatic carbocycles. The number of anilines is 1. The van der Waals surface area contributed by atoms with E-state index in [1.54, 1.807) is 18.2 Å². The van der Waals surface area contributed by atoms with E-state index >= 15 is 0 Å². The largest absolute Gasteiger partial charge is 0.478 e. The van der Waals surface area contributed by atoms with Crippen LogP contribution in [0.2, 0.25) is 0 Å². The molecule has 0 fully saturated rings. The maximum Gasteiger partial charge on any atom is 0.338 e. The highest BCUT2D eigenvalue weighted by Gasteiger charge is 2.27. The highest BCUT2D eigenvalue weighted by Crippen LogP contribution is 2.27. The summed E-state index contributed by atoms with van der Waals surface area (Å²) in [6.45, 7) is 3.60. The molecule has 0 saturated carbocycles. The van der Waals surface area contributed by atoms with Crippen LogP contribution in [0.3, 0.4) is 0 Å². The molecule has 2 rings (SSSR count). The van der Waals surface area contributed by atoms with Gasteiger partial charge >= 0.3 is 5.97 Å². The topological polar surface area (TPSA) is 98.5 Å². The molecule has 0 radical (unpaired) electrons. The molecule has 0 bridgehead atoms. The Morgan fingerprint density at radius 3 is 2.46 bits per heavy atom. The molecule has 6 nitrogen and oxygen atoms in total. The Bertz CT molecular complexity index is 997. The van der Waals surface area contributed by atoms with Crippen molar-refractivity contribution in [3.05, 3.63) is 58.9 Å². The highest BCUT2D eigenvalue weighted by atomic mass is 32.2. The summed E-state index contributed by atoms with van der Waals surface area (Å²) in [6, 6.07) is 9.54. The standard InChI is InChI=1S/C18H17FN2O4S/c1-12-4-5-14(10-13(12)2)21(9-3-8-20)26(24,25)15-6-7-17(19)16(11-15)18(22)23/h4-7,10-11H,3,9H2,1-2H3,(H,22,23). The summed E-state index contributed by atoms with van der Waals surface area (Å²) in [5.74, 6) is -2.58. The van der Waals surface area contributed by atoms with E-state index in [1.807, 2.05) is 19.9 Å². The number of benzene rings is 2. The third-order valence-electron chi connectivity index (χ3n) is 3.96. The van der Waals surface area contributed by atoms with E-state index in [9.17, 15) is 17.6 Å². The number of rotatable bonds is 6. The number of carbonyl (C=O) groups is 1. The molecule has 0 aliphatic heterocycles. The van der Waals surface area contributed by atoms with Gasteiger partial charge in [0.2, 0.25) is 0 Å². The van der Waals surface area contributed by atoms with Crippen LogP contribution in [0, 0.1) is 31.0 Å². The first-order valence-corrected chi connectivity index (χ1v) is 9.12. The van der Waals surface area contributed by atoms with Gasteiger partial charge in [0.25, 0.3) is 10.0 Å². The number of sulfonamides is 1. The Labute approximate surface area is 151 Å². The van der Waals surface area contributed by atoms with Crippen LogP contribution in [0.4, 0.5) is 10.1 Å². The molecule has 0 aromatic heterocycles. The average Bonchev–Trinajstić information content (AvgIpc) is 2.58. The SMILES string of the molecule is Cc1ccc(N(CCC#N)S(=O)(=O)c2ccc(F)c(C(=O)O)c2)cc1C. The van der Waals surface area contributed by atoms with Crippen LogP contribution < -0.4 is 4.31 Å². The molecule has 0 amide bonds. The van der Waals surface area contributed by atoms with Gasteiger partial charge in [0.05, 0.1) is 28.6 Å². The first-order valence-electron chi connectivity index (χ1n) is 7.68. The Morgan fingerprint density at radius 2 is 1.88 bits per heavy atom. The molecular weight excluding hydrogens is 359 g/mol. The van der Waals surface area contributed by atoms with Crippen molar-refractivity contribution in [2.24, 2.45) is 0 Å². The summed E-state index contributed by atoms with van der Waals surface area (Å²) in [5.41, 5.74) is 1.46. The third kappa shape index (κ3) is 3.83. The predicted octanol–water partition coefficient (Wildman–Crippen LogP) is 3.25. The lowest BCUT2D eigenvalue weighted by atomic mass is 10.1. The number of nitrogens with zero attached hydrogens (tertiary/aromatic N) is 2. The third-order valence-corrected chi connectivity index (χ3v) is 5.78. The van der Waals surface area contributed by atoms with Crippen molar-refractivity contribution in [3.63, 3.8) is 0 Å². The molecule has 0 aliphatic carbocycles. The summed E-state index contributed by atoms with van der Waals surface area (Å²) in [4.78, 5) is 10.7. The number of aryl methyl sites for hydroxylation is 2. The summed E-state index contributed by atoms with van der Waals surface area (Å²) in [6.07, 6.45) is -0.0564. The Balaban J connectivity index is 2.59. The maximum atomic E-state index is 13.6. The van der Waals surface area contributed by atoms with E-state index in [0.717, 1.165) is 33.6 Å². The molecule has 0 saturated heterocycles. The van der Waals surface area contributed by atoms with Crippen molar-refractivity contribution >= 4 is 21.7 Å². The number of carboxylic acids is 1. The minimum Gasteiger partial charge on any atom is -0.478 e. The fraction of sp³-hybridized carbons (Fsp3) is 0.222. The second-order valence-corrected chi connectivity index (χ2v) is 7.56. The number of hydrogen-bond acceptors (Lipinski definition) is 4. The lowest BCUT2D eigenvalue weighted by molar-refractivity contribution is 0.0691. The van der Waals surface area contributed by atoms with Crippen LogP contribution in [0.1, 0.15) is 27.9 Å². The van der Waals surface area contributed by atoms with Gasteiger partial charge in [0.15, 0.2) is 0 Å². The minimum absolute atomic E-state index is 0.0564. The Kier molecular flexibility index (Phi) is 5.63. The van der Waals surface area contributed by atoms with Crippen molar-refractivity contribution in [2.45, 2.75) is 25.2 Å². The zero-order valence-electron chi connectivity index (χ0n) is 14.2.